The van der Waals surface area contributed by atoms with Gasteiger partial charge in [-0.3, -0.25) is 8.42 Å². The molecule has 0 fully saturated rings. The SMILES string of the molecule is C=CC(=O)OC(C)(C)C.O=S(=O)([O-])[O-].[Pd+2]. The minimum absolute atomic E-state index is 0. The van der Waals surface area contributed by atoms with Crippen LogP contribution in [0.25, 0.3) is 0 Å². The minimum Gasteiger partial charge on any atom is -0.759 e. The van der Waals surface area contributed by atoms with Gasteiger partial charge in [-0.25, -0.2) is 4.79 Å². The second kappa shape index (κ2) is 7.96. The van der Waals surface area contributed by atoms with Crippen LogP contribution < -0.4 is 0 Å². The number of hydrogen-bond donors (Lipinski definition) is 0. The topological polar surface area (TPSA) is 107 Å². The first kappa shape index (κ1) is 20.2. The standard InChI is InChI=1S/C7H12O2.H2O4S.Pd/c1-5-6(8)9-7(2,3)4;1-5(2,3)4;/h5H,1H2,2-4H3;(H2,1,2,3,4);/q;;+2/p-2. The molecule has 0 aliphatic rings. The van der Waals surface area contributed by atoms with Gasteiger partial charge in [-0.1, -0.05) is 6.58 Å². The van der Waals surface area contributed by atoms with Gasteiger partial charge in [0.1, 0.15) is 5.60 Å². The van der Waals surface area contributed by atoms with Crippen LogP contribution in [0.5, 0.6) is 0 Å². The van der Waals surface area contributed by atoms with Crippen molar-refractivity contribution in [1.29, 1.82) is 0 Å². The monoisotopic (exact) mass is 330 g/mol. The van der Waals surface area contributed by atoms with Crippen molar-refractivity contribution in [2.45, 2.75) is 26.4 Å². The Morgan fingerprint density at radius 1 is 1.33 bits per heavy atom. The van der Waals surface area contributed by atoms with E-state index >= 15 is 0 Å². The van der Waals surface area contributed by atoms with Crippen LogP contribution in [0.3, 0.4) is 0 Å². The summed E-state index contributed by atoms with van der Waals surface area (Å²) in [6, 6.07) is 0. The number of hydrogen-bond acceptors (Lipinski definition) is 6. The van der Waals surface area contributed by atoms with Crippen molar-refractivity contribution in [3.05, 3.63) is 12.7 Å². The molecule has 0 aromatic rings. The van der Waals surface area contributed by atoms with E-state index in [9.17, 15) is 4.79 Å². The quantitative estimate of drug-likeness (QED) is 0.223. The fraction of sp³-hybridized carbons (Fsp3) is 0.571. The second-order valence-electron chi connectivity index (χ2n) is 3.15. The summed E-state index contributed by atoms with van der Waals surface area (Å²) in [6.45, 7) is 8.71. The van der Waals surface area contributed by atoms with E-state index in [4.69, 9.17) is 22.3 Å². The second-order valence-corrected chi connectivity index (χ2v) is 3.96. The predicted octanol–water partition coefficient (Wildman–Crippen LogP) is 0.174. The summed E-state index contributed by atoms with van der Waals surface area (Å²) in [5.74, 6) is -0.373. The van der Waals surface area contributed by atoms with Crippen LogP contribution in [0.15, 0.2) is 12.7 Å². The van der Waals surface area contributed by atoms with Gasteiger partial charge in [0.25, 0.3) is 0 Å². The Kier molecular flexibility index (Phi) is 10.7. The molecular formula is C7H12O6PdS. The molecule has 6 nitrogen and oxygen atoms in total. The van der Waals surface area contributed by atoms with E-state index < -0.39 is 16.0 Å². The fourth-order valence-electron chi connectivity index (χ4n) is 0.343. The first-order valence-electron chi connectivity index (χ1n) is 3.48. The Morgan fingerprint density at radius 2 is 1.60 bits per heavy atom. The third kappa shape index (κ3) is 41.7. The first-order chi connectivity index (χ1) is 5.95. The van der Waals surface area contributed by atoms with Crippen molar-refractivity contribution in [2.24, 2.45) is 0 Å². The Bertz CT molecular complexity index is 281. The van der Waals surface area contributed by atoms with Crippen LogP contribution in [-0.4, -0.2) is 29.1 Å². The van der Waals surface area contributed by atoms with Crippen molar-refractivity contribution < 1.29 is 47.5 Å². The molecule has 0 rings (SSSR count). The number of rotatable bonds is 1. The maximum Gasteiger partial charge on any atom is 2.00 e. The fourth-order valence-corrected chi connectivity index (χ4v) is 0.343. The van der Waals surface area contributed by atoms with E-state index in [-0.39, 0.29) is 26.4 Å². The molecule has 0 spiro atoms. The molecule has 0 amide bonds. The minimum atomic E-state index is -5.17. The van der Waals surface area contributed by atoms with Gasteiger partial charge in [-0.05, 0) is 20.8 Å². The summed E-state index contributed by atoms with van der Waals surface area (Å²) in [7, 11) is -5.17. The normalized spacial score (nSPS) is 10.2. The van der Waals surface area contributed by atoms with Crippen LogP contribution in [0.2, 0.25) is 0 Å². The van der Waals surface area contributed by atoms with E-state index in [1.165, 1.54) is 0 Å². The van der Waals surface area contributed by atoms with Crippen LogP contribution in [-0.2, 0) is 40.4 Å². The van der Waals surface area contributed by atoms with Crippen LogP contribution >= 0.6 is 0 Å². The molecule has 15 heavy (non-hydrogen) atoms. The molecule has 0 saturated carbocycles. The Labute approximate surface area is 103 Å². The summed E-state index contributed by atoms with van der Waals surface area (Å²) in [6.07, 6.45) is 1.16. The zero-order valence-corrected chi connectivity index (χ0v) is 10.8. The zero-order valence-electron chi connectivity index (χ0n) is 8.46. The molecular weight excluding hydrogens is 319 g/mol. The maximum absolute atomic E-state index is 10.5. The molecule has 92 valence electrons. The molecule has 0 aliphatic carbocycles. The van der Waals surface area contributed by atoms with Crippen molar-refractivity contribution in [3.63, 3.8) is 0 Å². The summed E-state index contributed by atoms with van der Waals surface area (Å²) < 4.78 is 38.9. The van der Waals surface area contributed by atoms with Gasteiger partial charge in [0.05, 0.1) is 0 Å². The van der Waals surface area contributed by atoms with Crippen molar-refractivity contribution in [1.82, 2.24) is 0 Å². The van der Waals surface area contributed by atoms with Crippen molar-refractivity contribution in [2.75, 3.05) is 0 Å². The van der Waals surface area contributed by atoms with Gasteiger partial charge in [-0.15, -0.1) is 0 Å². The molecule has 0 atom stereocenters. The Morgan fingerprint density at radius 3 is 1.67 bits per heavy atom. The molecule has 0 aromatic carbocycles. The number of esters is 1. The summed E-state index contributed by atoms with van der Waals surface area (Å²) in [5, 5.41) is 0. The van der Waals surface area contributed by atoms with Crippen molar-refractivity contribution >= 4 is 16.4 Å². The van der Waals surface area contributed by atoms with E-state index in [0.717, 1.165) is 6.08 Å². The Hall–Kier alpha value is -0.258. The van der Waals surface area contributed by atoms with Gasteiger partial charge >= 0.3 is 26.4 Å². The van der Waals surface area contributed by atoms with Gasteiger partial charge in [0.15, 0.2) is 0 Å². The van der Waals surface area contributed by atoms with Crippen LogP contribution in [0.4, 0.5) is 0 Å². The predicted molar refractivity (Wildman–Crippen MR) is 46.5 cm³/mol. The molecule has 0 unspecified atom stereocenters. The molecule has 0 aliphatic heterocycles. The van der Waals surface area contributed by atoms with E-state index in [1.54, 1.807) is 0 Å². The van der Waals surface area contributed by atoms with Gasteiger partial charge < -0.3 is 13.8 Å². The Balaban J connectivity index is -0.000000208. The van der Waals surface area contributed by atoms with E-state index in [1.807, 2.05) is 20.8 Å². The maximum atomic E-state index is 10.5. The van der Waals surface area contributed by atoms with Crippen LogP contribution in [0.1, 0.15) is 20.8 Å². The molecule has 0 radical (unpaired) electrons. The van der Waals surface area contributed by atoms with Gasteiger partial charge in [0.2, 0.25) is 0 Å². The van der Waals surface area contributed by atoms with Gasteiger partial charge in [0, 0.05) is 16.5 Å². The van der Waals surface area contributed by atoms with Crippen LogP contribution in [0, 0.1) is 0 Å². The number of carbonyl (C=O) groups excluding carboxylic acids is 1. The molecule has 0 N–H and O–H groups in total. The smallest absolute Gasteiger partial charge is 0.759 e. The number of ether oxygens (including phenoxy) is 1. The average molecular weight is 331 g/mol. The first-order valence-corrected chi connectivity index (χ1v) is 4.81. The molecule has 0 bridgehead atoms. The van der Waals surface area contributed by atoms with E-state index in [2.05, 4.69) is 6.58 Å². The number of carbonyl (C=O) groups is 1. The summed E-state index contributed by atoms with van der Waals surface area (Å²) >= 11 is 0. The molecule has 0 saturated heterocycles. The molecule has 8 heteroatoms. The van der Waals surface area contributed by atoms with E-state index in [0.29, 0.717) is 0 Å². The average Bonchev–Trinajstić information content (AvgIpc) is 1.79. The summed E-state index contributed by atoms with van der Waals surface area (Å²) in [4.78, 5) is 10.5. The third-order valence-corrected chi connectivity index (χ3v) is 0.573. The molecule has 0 aromatic heterocycles. The van der Waals surface area contributed by atoms with Crippen molar-refractivity contribution in [3.8, 4) is 0 Å². The molecule has 0 heterocycles. The third-order valence-electron chi connectivity index (χ3n) is 0.573. The van der Waals surface area contributed by atoms with Gasteiger partial charge in [-0.2, -0.15) is 0 Å². The zero-order chi connectivity index (χ0) is 12.0. The summed E-state index contributed by atoms with van der Waals surface area (Å²) in [5.41, 5.74) is -0.398. The largest absolute Gasteiger partial charge is 2.00 e.